The number of carbonyl (C=O) groups is 2. The van der Waals surface area contributed by atoms with Crippen LogP contribution in [0.15, 0.2) is 24.3 Å². The van der Waals surface area contributed by atoms with E-state index in [9.17, 15) is 9.59 Å². The third-order valence-corrected chi connectivity index (χ3v) is 6.79. The molecule has 1 unspecified atom stereocenters. The van der Waals surface area contributed by atoms with Crippen LogP contribution in [0.3, 0.4) is 0 Å². The van der Waals surface area contributed by atoms with Crippen molar-refractivity contribution in [2.75, 3.05) is 37.9 Å². The lowest BCUT2D eigenvalue weighted by Gasteiger charge is -2.20. The van der Waals surface area contributed by atoms with Crippen LogP contribution in [-0.4, -0.2) is 60.1 Å². The van der Waals surface area contributed by atoms with E-state index < -0.39 is 11.3 Å². The third kappa shape index (κ3) is 3.89. The molecule has 2 amide bonds. The lowest BCUT2D eigenvalue weighted by Crippen LogP contribution is -2.42. The normalized spacial score (nSPS) is 16.4. The van der Waals surface area contributed by atoms with Gasteiger partial charge in [-0.1, -0.05) is 23.5 Å². The molecule has 3 rings (SSSR count). The van der Waals surface area contributed by atoms with Gasteiger partial charge in [-0.05, 0) is 24.6 Å². The molecule has 1 fully saturated rings. The van der Waals surface area contributed by atoms with Crippen molar-refractivity contribution in [1.29, 1.82) is 0 Å². The quantitative estimate of drug-likeness (QED) is 0.792. The Morgan fingerprint density at radius 1 is 1.44 bits per heavy atom. The standard InChI is InChI=1S/C18H22N4O3S2/c1-4-21(2)18-20-13(16(24)22-8-9-26-17(22)15(19)23)14(27-18)11-6-5-7-12(10-11)25-3/h5-7,10,17H,4,8-9H2,1-3H3,(H2,19,23). The van der Waals surface area contributed by atoms with Crippen molar-refractivity contribution < 1.29 is 14.3 Å². The minimum Gasteiger partial charge on any atom is -0.497 e. The number of methoxy groups -OCH3 is 1. The number of nitrogens with two attached hydrogens (primary N) is 1. The number of benzene rings is 1. The van der Waals surface area contributed by atoms with E-state index in [4.69, 9.17) is 10.5 Å². The molecule has 2 heterocycles. The van der Waals surface area contributed by atoms with E-state index in [-0.39, 0.29) is 5.91 Å². The molecule has 0 saturated carbocycles. The number of ether oxygens (including phenoxy) is 1. The Kier molecular flexibility index (Phi) is 5.91. The van der Waals surface area contributed by atoms with E-state index in [1.807, 2.05) is 43.1 Å². The molecule has 0 aliphatic carbocycles. The monoisotopic (exact) mass is 406 g/mol. The van der Waals surface area contributed by atoms with Gasteiger partial charge in [0.2, 0.25) is 0 Å². The van der Waals surface area contributed by atoms with Crippen molar-refractivity contribution >= 4 is 40.0 Å². The molecule has 1 aliphatic heterocycles. The second-order valence-electron chi connectivity index (χ2n) is 6.04. The van der Waals surface area contributed by atoms with E-state index in [0.29, 0.717) is 23.7 Å². The highest BCUT2D eigenvalue weighted by Gasteiger charge is 2.36. The van der Waals surface area contributed by atoms with Crippen molar-refractivity contribution in [2.24, 2.45) is 5.73 Å². The summed E-state index contributed by atoms with van der Waals surface area (Å²) in [5.41, 5.74) is 6.67. The number of hydrogen-bond donors (Lipinski definition) is 1. The number of hydrogen-bond acceptors (Lipinski definition) is 7. The molecular formula is C18H22N4O3S2. The molecule has 2 N–H and O–H groups in total. The first-order valence-corrected chi connectivity index (χ1v) is 10.4. The lowest BCUT2D eigenvalue weighted by molar-refractivity contribution is -0.119. The summed E-state index contributed by atoms with van der Waals surface area (Å²) in [4.78, 5) is 33.8. The number of rotatable bonds is 6. The van der Waals surface area contributed by atoms with Crippen LogP contribution in [-0.2, 0) is 4.79 Å². The van der Waals surface area contributed by atoms with E-state index in [2.05, 4.69) is 4.98 Å². The highest BCUT2D eigenvalue weighted by molar-refractivity contribution is 8.00. The van der Waals surface area contributed by atoms with Gasteiger partial charge in [-0.2, -0.15) is 0 Å². The third-order valence-electron chi connectivity index (χ3n) is 4.35. The topological polar surface area (TPSA) is 88.8 Å². The first-order chi connectivity index (χ1) is 13.0. The maximum Gasteiger partial charge on any atom is 0.275 e. The molecule has 0 bridgehead atoms. The fourth-order valence-corrected chi connectivity index (χ4v) is 4.91. The molecule has 1 aliphatic rings. The van der Waals surface area contributed by atoms with Crippen LogP contribution >= 0.6 is 23.1 Å². The molecule has 1 aromatic heterocycles. The van der Waals surface area contributed by atoms with Crippen LogP contribution in [0.1, 0.15) is 17.4 Å². The van der Waals surface area contributed by atoms with Gasteiger partial charge in [-0.3, -0.25) is 9.59 Å². The van der Waals surface area contributed by atoms with Crippen LogP contribution in [0.4, 0.5) is 5.13 Å². The summed E-state index contributed by atoms with van der Waals surface area (Å²) in [7, 11) is 3.54. The first kappa shape index (κ1) is 19.5. The average Bonchev–Trinajstić information content (AvgIpc) is 3.34. The molecule has 1 saturated heterocycles. The molecule has 2 aromatic rings. The molecular weight excluding hydrogens is 384 g/mol. The van der Waals surface area contributed by atoms with Crippen LogP contribution in [0.25, 0.3) is 10.4 Å². The Hall–Kier alpha value is -2.26. The van der Waals surface area contributed by atoms with Crippen molar-refractivity contribution in [1.82, 2.24) is 9.88 Å². The molecule has 1 aromatic carbocycles. The Labute approximate surface area is 166 Å². The number of thioether (sulfide) groups is 1. The highest BCUT2D eigenvalue weighted by atomic mass is 32.2. The van der Waals surface area contributed by atoms with Crippen LogP contribution in [0.2, 0.25) is 0 Å². The predicted octanol–water partition coefficient (Wildman–Crippen LogP) is 2.28. The SMILES string of the molecule is CCN(C)c1nc(C(=O)N2CCSC2C(N)=O)c(-c2cccc(OC)c2)s1. The summed E-state index contributed by atoms with van der Waals surface area (Å²) in [6.45, 7) is 3.27. The van der Waals surface area contributed by atoms with E-state index in [0.717, 1.165) is 22.1 Å². The first-order valence-electron chi connectivity index (χ1n) is 8.54. The van der Waals surface area contributed by atoms with Crippen molar-refractivity contribution in [3.8, 4) is 16.2 Å². The average molecular weight is 407 g/mol. The smallest absolute Gasteiger partial charge is 0.275 e. The van der Waals surface area contributed by atoms with Gasteiger partial charge in [0.1, 0.15) is 11.4 Å². The number of thiazole rings is 1. The van der Waals surface area contributed by atoms with Gasteiger partial charge in [0.25, 0.3) is 11.8 Å². The molecule has 144 valence electrons. The lowest BCUT2D eigenvalue weighted by atomic mass is 10.1. The number of carbonyl (C=O) groups excluding carboxylic acids is 2. The predicted molar refractivity (Wildman–Crippen MR) is 110 cm³/mol. The van der Waals surface area contributed by atoms with E-state index in [1.165, 1.54) is 28.0 Å². The summed E-state index contributed by atoms with van der Waals surface area (Å²) in [5.74, 6) is 0.611. The highest BCUT2D eigenvalue weighted by Crippen LogP contribution is 2.37. The molecule has 0 spiro atoms. The minimum absolute atomic E-state index is 0.270. The van der Waals surface area contributed by atoms with Gasteiger partial charge in [0, 0.05) is 25.9 Å². The summed E-state index contributed by atoms with van der Waals surface area (Å²) in [6, 6.07) is 7.53. The second kappa shape index (κ2) is 8.18. The zero-order valence-corrected chi connectivity index (χ0v) is 17.1. The number of aromatic nitrogens is 1. The summed E-state index contributed by atoms with van der Waals surface area (Å²) >= 11 is 2.83. The Bertz CT molecular complexity index is 855. The zero-order chi connectivity index (χ0) is 19.6. The number of anilines is 1. The molecule has 0 radical (unpaired) electrons. The summed E-state index contributed by atoms with van der Waals surface area (Å²) in [6.07, 6.45) is 0. The van der Waals surface area contributed by atoms with E-state index in [1.54, 1.807) is 7.11 Å². The maximum atomic E-state index is 13.2. The van der Waals surface area contributed by atoms with Gasteiger partial charge in [0.05, 0.1) is 12.0 Å². The second-order valence-corrected chi connectivity index (χ2v) is 8.21. The Balaban J connectivity index is 2.06. The van der Waals surface area contributed by atoms with Gasteiger partial charge in [0.15, 0.2) is 10.5 Å². The van der Waals surface area contributed by atoms with Gasteiger partial charge in [-0.25, -0.2) is 4.98 Å². The van der Waals surface area contributed by atoms with Crippen LogP contribution < -0.4 is 15.4 Å². The summed E-state index contributed by atoms with van der Waals surface area (Å²) < 4.78 is 5.31. The minimum atomic E-state index is -0.648. The molecule has 9 heteroatoms. The fraction of sp³-hybridized carbons (Fsp3) is 0.389. The molecule has 7 nitrogen and oxygen atoms in total. The van der Waals surface area contributed by atoms with E-state index >= 15 is 0 Å². The number of nitrogens with zero attached hydrogens (tertiary/aromatic N) is 3. The van der Waals surface area contributed by atoms with Crippen LogP contribution in [0.5, 0.6) is 5.75 Å². The number of primary amides is 1. The maximum absolute atomic E-state index is 13.2. The molecule has 27 heavy (non-hydrogen) atoms. The Morgan fingerprint density at radius 2 is 2.22 bits per heavy atom. The Morgan fingerprint density at radius 3 is 2.89 bits per heavy atom. The molecule has 1 atom stereocenters. The summed E-state index contributed by atoms with van der Waals surface area (Å²) in [5, 5.41) is 0.103. The van der Waals surface area contributed by atoms with Crippen molar-refractivity contribution in [3.63, 3.8) is 0 Å². The van der Waals surface area contributed by atoms with Gasteiger partial charge in [-0.15, -0.1) is 11.8 Å². The fourth-order valence-electron chi connectivity index (χ4n) is 2.76. The van der Waals surface area contributed by atoms with Crippen LogP contribution in [0, 0.1) is 0 Å². The largest absolute Gasteiger partial charge is 0.497 e. The van der Waals surface area contributed by atoms with Gasteiger partial charge < -0.3 is 20.3 Å². The van der Waals surface area contributed by atoms with Gasteiger partial charge >= 0.3 is 0 Å². The van der Waals surface area contributed by atoms with Crippen molar-refractivity contribution in [3.05, 3.63) is 30.0 Å². The number of amides is 2. The zero-order valence-electron chi connectivity index (χ0n) is 15.5. The van der Waals surface area contributed by atoms with Crippen molar-refractivity contribution in [2.45, 2.75) is 12.3 Å².